The van der Waals surface area contributed by atoms with Crippen LogP contribution in [0.2, 0.25) is 5.02 Å². The van der Waals surface area contributed by atoms with E-state index in [4.69, 9.17) is 16.3 Å². The molecule has 0 atom stereocenters. The van der Waals surface area contributed by atoms with Crippen LogP contribution < -0.4 is 20.7 Å². The van der Waals surface area contributed by atoms with Crippen LogP contribution in [0.15, 0.2) is 36.5 Å². The number of halogens is 3. The molecule has 9 nitrogen and oxygen atoms in total. The molecule has 0 saturated carbocycles. The van der Waals surface area contributed by atoms with Gasteiger partial charge in [0.2, 0.25) is 5.82 Å². The quantitative estimate of drug-likeness (QED) is 0.412. The van der Waals surface area contributed by atoms with E-state index in [1.54, 1.807) is 6.07 Å². The van der Waals surface area contributed by atoms with Gasteiger partial charge in [0, 0.05) is 57.6 Å². The highest BCUT2D eigenvalue weighted by Gasteiger charge is 2.22. The lowest BCUT2D eigenvalue weighted by molar-refractivity contribution is 0.0946. The van der Waals surface area contributed by atoms with Crippen molar-refractivity contribution in [2.75, 3.05) is 51.7 Å². The van der Waals surface area contributed by atoms with Gasteiger partial charge in [-0.05, 0) is 30.3 Å². The summed E-state index contributed by atoms with van der Waals surface area (Å²) in [5, 5.41) is 8.98. The molecule has 0 spiro atoms. The highest BCUT2D eigenvalue weighted by atomic mass is 35.5. The summed E-state index contributed by atoms with van der Waals surface area (Å²) in [7, 11) is 2.75. The van der Waals surface area contributed by atoms with Crippen LogP contribution >= 0.6 is 11.6 Å². The Morgan fingerprint density at radius 1 is 1.14 bits per heavy atom. The van der Waals surface area contributed by atoms with Crippen LogP contribution in [0.5, 0.6) is 5.75 Å². The number of hydrogen-bond donors (Lipinski definition) is 3. The summed E-state index contributed by atoms with van der Waals surface area (Å²) < 4.78 is 34.8. The molecule has 2 heterocycles. The summed E-state index contributed by atoms with van der Waals surface area (Å²) in [5.41, 5.74) is 0.771. The first-order chi connectivity index (χ1) is 17.8. The van der Waals surface area contributed by atoms with Gasteiger partial charge < -0.3 is 25.3 Å². The predicted octanol–water partition coefficient (Wildman–Crippen LogP) is 2.91. The fourth-order valence-corrected chi connectivity index (χ4v) is 4.35. The highest BCUT2D eigenvalue weighted by molar-refractivity contribution is 6.34. The number of anilines is 1. The van der Waals surface area contributed by atoms with Crippen molar-refractivity contribution in [3.63, 3.8) is 0 Å². The average Bonchev–Trinajstić information content (AvgIpc) is 3.27. The monoisotopic (exact) mass is 532 g/mol. The Bertz CT molecular complexity index is 1310. The number of ether oxygens (including phenoxy) is 1. The molecular weight excluding hydrogens is 506 g/mol. The molecule has 2 aromatic carbocycles. The molecular formula is C25H27ClF2N6O3. The third kappa shape index (κ3) is 5.90. The van der Waals surface area contributed by atoms with Crippen LogP contribution in [0.25, 0.3) is 11.3 Å². The summed E-state index contributed by atoms with van der Waals surface area (Å²) in [5.74, 6) is -3.39. The molecule has 0 radical (unpaired) electrons. The molecule has 0 unspecified atom stereocenters. The average molecular weight is 533 g/mol. The highest BCUT2D eigenvalue weighted by Crippen LogP contribution is 2.30. The standard InChI is InChI=1S/C25H27ClF2N6O3/c1-33-19(17-5-6-20(37-2)22(28)21(17)27)14-31-23(33)25(36)32-15-3-4-16(18(26)13-15)24(35)30-9-12-34-10-7-29-8-11-34/h3-6,13-14,29H,7-12H2,1-2H3,(H,30,35)(H,32,36). The maximum atomic E-state index is 14.5. The van der Waals surface area contributed by atoms with E-state index >= 15 is 0 Å². The second-order valence-corrected chi connectivity index (χ2v) is 8.87. The van der Waals surface area contributed by atoms with Gasteiger partial charge in [-0.2, -0.15) is 4.39 Å². The Morgan fingerprint density at radius 3 is 2.59 bits per heavy atom. The lowest BCUT2D eigenvalue weighted by atomic mass is 10.1. The maximum Gasteiger partial charge on any atom is 0.291 e. The lowest BCUT2D eigenvalue weighted by Gasteiger charge is -2.27. The molecule has 1 saturated heterocycles. The van der Waals surface area contributed by atoms with Gasteiger partial charge in [0.15, 0.2) is 17.4 Å². The topological polar surface area (TPSA) is 101 Å². The second kappa shape index (κ2) is 11.7. The Balaban J connectivity index is 1.41. The number of imidazole rings is 1. The SMILES string of the molecule is COc1ccc(-c2cnc(C(=O)Nc3ccc(C(=O)NCCN4CCNCC4)c(Cl)c3)n2C)c(F)c1F. The van der Waals surface area contributed by atoms with Gasteiger partial charge in [0.05, 0.1) is 29.6 Å². The van der Waals surface area contributed by atoms with Crippen molar-refractivity contribution in [1.29, 1.82) is 0 Å². The fourth-order valence-electron chi connectivity index (χ4n) is 4.08. The van der Waals surface area contributed by atoms with Crippen LogP contribution in [0, 0.1) is 11.6 Å². The van der Waals surface area contributed by atoms with E-state index in [1.807, 2.05) is 0 Å². The Hall–Kier alpha value is -3.54. The van der Waals surface area contributed by atoms with E-state index in [9.17, 15) is 18.4 Å². The smallest absolute Gasteiger partial charge is 0.291 e. The van der Waals surface area contributed by atoms with Crippen molar-refractivity contribution < 1.29 is 23.1 Å². The van der Waals surface area contributed by atoms with Crippen molar-refractivity contribution >= 4 is 29.1 Å². The van der Waals surface area contributed by atoms with Gasteiger partial charge in [0.1, 0.15) is 0 Å². The molecule has 196 valence electrons. The van der Waals surface area contributed by atoms with Gasteiger partial charge in [-0.1, -0.05) is 11.6 Å². The van der Waals surface area contributed by atoms with Crippen LogP contribution in [0.1, 0.15) is 21.0 Å². The summed E-state index contributed by atoms with van der Waals surface area (Å²) >= 11 is 6.31. The molecule has 0 aliphatic carbocycles. The number of aromatic nitrogens is 2. The molecule has 37 heavy (non-hydrogen) atoms. The predicted molar refractivity (Wildman–Crippen MR) is 136 cm³/mol. The Labute approximate surface area is 217 Å². The molecule has 1 fully saturated rings. The number of nitrogens with one attached hydrogen (secondary N) is 3. The molecule has 1 aliphatic heterocycles. The zero-order valence-electron chi connectivity index (χ0n) is 20.4. The Kier molecular flexibility index (Phi) is 8.37. The number of piperazine rings is 1. The first-order valence-electron chi connectivity index (χ1n) is 11.7. The van der Waals surface area contributed by atoms with E-state index in [1.165, 1.54) is 49.2 Å². The summed E-state index contributed by atoms with van der Waals surface area (Å²) in [6.07, 6.45) is 1.28. The van der Waals surface area contributed by atoms with Crippen LogP contribution in [-0.2, 0) is 7.05 Å². The minimum atomic E-state index is -1.13. The first kappa shape index (κ1) is 26.5. The van der Waals surface area contributed by atoms with E-state index in [2.05, 4.69) is 25.8 Å². The van der Waals surface area contributed by atoms with Crippen molar-refractivity contribution in [1.82, 2.24) is 25.1 Å². The number of benzene rings is 2. The number of carbonyl (C=O) groups excluding carboxylic acids is 2. The third-order valence-electron chi connectivity index (χ3n) is 6.13. The minimum absolute atomic E-state index is 0.0310. The largest absolute Gasteiger partial charge is 0.494 e. The molecule has 12 heteroatoms. The fraction of sp³-hybridized carbons (Fsp3) is 0.320. The number of hydrogen-bond acceptors (Lipinski definition) is 6. The van der Waals surface area contributed by atoms with E-state index < -0.39 is 17.5 Å². The van der Waals surface area contributed by atoms with Gasteiger partial charge in [-0.3, -0.25) is 14.5 Å². The van der Waals surface area contributed by atoms with Crippen molar-refractivity contribution in [2.24, 2.45) is 7.05 Å². The van der Waals surface area contributed by atoms with Gasteiger partial charge >= 0.3 is 0 Å². The van der Waals surface area contributed by atoms with Crippen LogP contribution in [-0.4, -0.2) is 72.6 Å². The molecule has 4 rings (SSSR count). The number of nitrogens with zero attached hydrogens (tertiary/aromatic N) is 3. The van der Waals surface area contributed by atoms with E-state index in [0.717, 1.165) is 32.7 Å². The number of amides is 2. The van der Waals surface area contributed by atoms with Crippen molar-refractivity contribution in [2.45, 2.75) is 0 Å². The summed E-state index contributed by atoms with van der Waals surface area (Å²) in [4.78, 5) is 31.7. The summed E-state index contributed by atoms with van der Waals surface area (Å²) in [6.45, 7) is 4.99. The van der Waals surface area contributed by atoms with Gasteiger partial charge in [-0.25, -0.2) is 9.37 Å². The van der Waals surface area contributed by atoms with Gasteiger partial charge in [0.25, 0.3) is 11.8 Å². The molecule has 0 bridgehead atoms. The lowest BCUT2D eigenvalue weighted by Crippen LogP contribution is -2.46. The molecule has 1 aliphatic rings. The zero-order chi connectivity index (χ0) is 26.5. The molecule has 2 amide bonds. The minimum Gasteiger partial charge on any atom is -0.494 e. The van der Waals surface area contributed by atoms with Crippen LogP contribution in [0.3, 0.4) is 0 Å². The number of methoxy groups -OCH3 is 1. The first-order valence-corrected chi connectivity index (χ1v) is 12.0. The number of carbonyl (C=O) groups is 2. The number of rotatable bonds is 8. The van der Waals surface area contributed by atoms with Crippen LogP contribution in [0.4, 0.5) is 14.5 Å². The Morgan fingerprint density at radius 2 is 1.89 bits per heavy atom. The molecule has 3 N–H and O–H groups in total. The normalized spacial score (nSPS) is 13.9. The van der Waals surface area contributed by atoms with E-state index in [0.29, 0.717) is 12.2 Å². The van der Waals surface area contributed by atoms with Gasteiger partial charge in [-0.15, -0.1) is 0 Å². The van der Waals surface area contributed by atoms with Crippen molar-refractivity contribution in [3.05, 3.63) is 64.6 Å². The van der Waals surface area contributed by atoms with Crippen molar-refractivity contribution in [3.8, 4) is 17.0 Å². The maximum absolute atomic E-state index is 14.5. The molecule has 3 aromatic rings. The third-order valence-corrected chi connectivity index (χ3v) is 6.44. The molecule has 1 aromatic heterocycles. The second-order valence-electron chi connectivity index (χ2n) is 8.47. The zero-order valence-corrected chi connectivity index (χ0v) is 21.2. The summed E-state index contributed by atoms with van der Waals surface area (Å²) in [6, 6.07) is 7.19. The van der Waals surface area contributed by atoms with E-state index in [-0.39, 0.29) is 39.3 Å².